The van der Waals surface area contributed by atoms with Gasteiger partial charge in [0.25, 0.3) is 5.91 Å². The number of nitrogens with zero attached hydrogens (tertiary/aromatic N) is 2. The third-order valence-electron chi connectivity index (χ3n) is 3.30. The quantitative estimate of drug-likeness (QED) is 0.912. The molecule has 1 fully saturated rings. The van der Waals surface area contributed by atoms with Gasteiger partial charge in [-0.05, 0) is 25.5 Å². The van der Waals surface area contributed by atoms with Gasteiger partial charge >= 0.3 is 0 Å². The number of nitrogens with one attached hydrogen (secondary N) is 1. The number of hydrogen-bond donors (Lipinski definition) is 1. The van der Waals surface area contributed by atoms with Gasteiger partial charge in [0.2, 0.25) is 0 Å². The van der Waals surface area contributed by atoms with E-state index in [4.69, 9.17) is 11.6 Å². The highest BCUT2D eigenvalue weighted by molar-refractivity contribution is 7.12. The maximum absolute atomic E-state index is 11.9. The fourth-order valence-electron chi connectivity index (χ4n) is 2.07. The average molecular weight is 288 g/mol. The number of likely N-dealkylation sites (N-methyl/N-ethyl adjacent to an activating group) is 2. The van der Waals surface area contributed by atoms with Crippen molar-refractivity contribution < 1.29 is 4.79 Å². The summed E-state index contributed by atoms with van der Waals surface area (Å²) in [5, 5.41) is 5.33. The van der Waals surface area contributed by atoms with Gasteiger partial charge < -0.3 is 10.2 Å². The van der Waals surface area contributed by atoms with E-state index in [0.29, 0.717) is 22.5 Å². The van der Waals surface area contributed by atoms with Crippen molar-refractivity contribution in [3.05, 3.63) is 21.3 Å². The molecule has 1 aliphatic heterocycles. The lowest BCUT2D eigenvalue weighted by Gasteiger charge is -2.37. The molecule has 1 aromatic rings. The highest BCUT2D eigenvalue weighted by atomic mass is 35.5. The number of carbonyl (C=O) groups excluding carboxylic acids is 1. The number of piperazine rings is 1. The van der Waals surface area contributed by atoms with E-state index in [-0.39, 0.29) is 5.91 Å². The molecule has 0 spiro atoms. The predicted octanol–water partition coefficient (Wildman–Crippen LogP) is 1.38. The van der Waals surface area contributed by atoms with Crippen LogP contribution in [0.1, 0.15) is 9.67 Å². The first-order valence-electron chi connectivity index (χ1n) is 5.98. The Morgan fingerprint density at radius 1 is 1.56 bits per heavy atom. The van der Waals surface area contributed by atoms with Crippen molar-refractivity contribution in [1.82, 2.24) is 15.1 Å². The summed E-state index contributed by atoms with van der Waals surface area (Å²) in [6.45, 7) is 3.76. The molecule has 1 aromatic heterocycles. The lowest BCUT2D eigenvalue weighted by molar-refractivity contribution is 0.0885. The van der Waals surface area contributed by atoms with Crippen LogP contribution in [0.4, 0.5) is 0 Å². The SMILES string of the molecule is CN1CCN(C)[C@@H](CNC(=O)c2sccc2Cl)C1. The monoisotopic (exact) mass is 287 g/mol. The normalized spacial score (nSPS) is 22.1. The molecule has 100 valence electrons. The Hall–Kier alpha value is -0.620. The number of rotatable bonds is 3. The number of hydrogen-bond acceptors (Lipinski definition) is 4. The molecule has 1 atom stereocenters. The molecule has 0 bridgehead atoms. The Balaban J connectivity index is 1.87. The predicted molar refractivity (Wildman–Crippen MR) is 75.6 cm³/mol. The molecule has 1 N–H and O–H groups in total. The van der Waals surface area contributed by atoms with Crippen LogP contribution in [0.15, 0.2) is 11.4 Å². The molecule has 1 aliphatic rings. The van der Waals surface area contributed by atoms with E-state index >= 15 is 0 Å². The highest BCUT2D eigenvalue weighted by Crippen LogP contribution is 2.21. The fraction of sp³-hybridized carbons (Fsp3) is 0.583. The Morgan fingerprint density at radius 2 is 2.33 bits per heavy atom. The molecule has 1 saturated heterocycles. The van der Waals surface area contributed by atoms with Crippen molar-refractivity contribution in [2.75, 3.05) is 40.3 Å². The van der Waals surface area contributed by atoms with Crippen molar-refractivity contribution >= 4 is 28.8 Å². The van der Waals surface area contributed by atoms with Crippen molar-refractivity contribution in [1.29, 1.82) is 0 Å². The van der Waals surface area contributed by atoms with E-state index in [9.17, 15) is 4.79 Å². The molecule has 4 nitrogen and oxygen atoms in total. The van der Waals surface area contributed by atoms with E-state index < -0.39 is 0 Å². The van der Waals surface area contributed by atoms with Gasteiger partial charge in [-0.2, -0.15) is 0 Å². The summed E-state index contributed by atoms with van der Waals surface area (Å²) in [6.07, 6.45) is 0. The second kappa shape index (κ2) is 6.02. The smallest absolute Gasteiger partial charge is 0.262 e. The zero-order valence-electron chi connectivity index (χ0n) is 10.6. The molecule has 0 unspecified atom stereocenters. The van der Waals surface area contributed by atoms with E-state index in [1.807, 2.05) is 5.38 Å². The second-order valence-electron chi connectivity index (χ2n) is 4.70. The minimum atomic E-state index is -0.0726. The first kappa shape index (κ1) is 13.8. The zero-order chi connectivity index (χ0) is 13.1. The summed E-state index contributed by atoms with van der Waals surface area (Å²) in [4.78, 5) is 17.1. The van der Waals surface area contributed by atoms with Crippen molar-refractivity contribution in [3.8, 4) is 0 Å². The van der Waals surface area contributed by atoms with Crippen LogP contribution in [0.25, 0.3) is 0 Å². The largest absolute Gasteiger partial charge is 0.350 e. The van der Waals surface area contributed by atoms with Crippen molar-refractivity contribution in [2.45, 2.75) is 6.04 Å². The minimum Gasteiger partial charge on any atom is -0.350 e. The Kier molecular flexibility index (Phi) is 4.61. The van der Waals surface area contributed by atoms with Crippen LogP contribution >= 0.6 is 22.9 Å². The zero-order valence-corrected chi connectivity index (χ0v) is 12.2. The van der Waals surface area contributed by atoms with E-state index in [1.54, 1.807) is 6.07 Å². The maximum Gasteiger partial charge on any atom is 0.262 e. The number of thiophene rings is 1. The first-order chi connectivity index (χ1) is 8.58. The van der Waals surface area contributed by atoms with Gasteiger partial charge in [0, 0.05) is 32.2 Å². The second-order valence-corrected chi connectivity index (χ2v) is 6.03. The lowest BCUT2D eigenvalue weighted by atomic mass is 10.2. The topological polar surface area (TPSA) is 35.6 Å². The fourth-order valence-corrected chi connectivity index (χ4v) is 3.13. The van der Waals surface area contributed by atoms with Crippen LogP contribution in [0.2, 0.25) is 5.02 Å². The first-order valence-corrected chi connectivity index (χ1v) is 7.23. The van der Waals surface area contributed by atoms with Crippen molar-refractivity contribution in [2.24, 2.45) is 0 Å². The molecule has 0 aromatic carbocycles. The minimum absolute atomic E-state index is 0.0726. The Bertz CT molecular complexity index is 423. The van der Waals surface area contributed by atoms with Crippen LogP contribution < -0.4 is 5.32 Å². The summed E-state index contributed by atoms with van der Waals surface area (Å²) in [5.41, 5.74) is 0. The number of amides is 1. The molecule has 0 saturated carbocycles. The summed E-state index contributed by atoms with van der Waals surface area (Å²) < 4.78 is 0. The van der Waals surface area contributed by atoms with Crippen LogP contribution in [-0.2, 0) is 0 Å². The van der Waals surface area contributed by atoms with Gasteiger partial charge in [-0.15, -0.1) is 11.3 Å². The lowest BCUT2D eigenvalue weighted by Crippen LogP contribution is -2.54. The molecule has 2 heterocycles. The average Bonchev–Trinajstić information content (AvgIpc) is 2.76. The third kappa shape index (κ3) is 3.23. The van der Waals surface area contributed by atoms with Crippen molar-refractivity contribution in [3.63, 3.8) is 0 Å². The summed E-state index contributed by atoms with van der Waals surface area (Å²) >= 11 is 7.32. The Labute approximate surface area is 117 Å². The highest BCUT2D eigenvalue weighted by Gasteiger charge is 2.23. The van der Waals surface area contributed by atoms with E-state index in [0.717, 1.165) is 19.6 Å². The van der Waals surface area contributed by atoms with Crippen LogP contribution in [0, 0.1) is 0 Å². The van der Waals surface area contributed by atoms with Gasteiger partial charge in [-0.3, -0.25) is 9.69 Å². The maximum atomic E-state index is 11.9. The van der Waals surface area contributed by atoms with Gasteiger partial charge in [0.05, 0.1) is 5.02 Å². The molecular formula is C12H18ClN3OS. The molecular weight excluding hydrogens is 270 g/mol. The molecule has 2 rings (SSSR count). The van der Waals surface area contributed by atoms with E-state index in [1.165, 1.54) is 11.3 Å². The molecule has 1 amide bonds. The standard InChI is InChI=1S/C12H18ClN3OS/c1-15-4-5-16(2)9(8-15)7-14-12(17)11-10(13)3-6-18-11/h3,6,9H,4-5,7-8H2,1-2H3,(H,14,17)/t9-/m0/s1. The van der Waals surface area contributed by atoms with E-state index in [2.05, 4.69) is 29.2 Å². The molecule has 6 heteroatoms. The molecule has 18 heavy (non-hydrogen) atoms. The Morgan fingerprint density at radius 3 is 3.00 bits per heavy atom. The number of halogens is 1. The molecule has 0 radical (unpaired) electrons. The van der Waals surface area contributed by atoms with Gasteiger partial charge in [-0.25, -0.2) is 0 Å². The summed E-state index contributed by atoms with van der Waals surface area (Å²) in [6, 6.07) is 2.12. The number of carbonyl (C=O) groups is 1. The molecule has 0 aliphatic carbocycles. The van der Waals surface area contributed by atoms with Crippen LogP contribution in [-0.4, -0.2) is 62.0 Å². The van der Waals surface area contributed by atoms with Crippen LogP contribution in [0.5, 0.6) is 0 Å². The van der Waals surface area contributed by atoms with Gasteiger partial charge in [0.15, 0.2) is 0 Å². The van der Waals surface area contributed by atoms with Gasteiger partial charge in [-0.1, -0.05) is 11.6 Å². The summed E-state index contributed by atoms with van der Waals surface area (Å²) in [5.74, 6) is -0.0726. The van der Waals surface area contributed by atoms with Gasteiger partial charge in [0.1, 0.15) is 4.88 Å². The van der Waals surface area contributed by atoms with Crippen LogP contribution in [0.3, 0.4) is 0 Å². The third-order valence-corrected chi connectivity index (χ3v) is 4.64. The summed E-state index contributed by atoms with van der Waals surface area (Å²) in [7, 11) is 4.21.